The zero-order valence-corrected chi connectivity index (χ0v) is 18.5. The standard InChI is InChI=1S/C19H28N4O7S/c1-3-14(16(25)19-21-17(22-30-19)12-4-5-12)20-18(26)13(11-31(2,27)28)10-15(24)23-6-8-29-9-7-23/h12-14H,3-11H2,1-2H3,(H,20,26)/t13?,14-/m0/s1. The van der Waals surface area contributed by atoms with Crippen molar-refractivity contribution in [2.75, 3.05) is 38.3 Å². The molecule has 1 unspecified atom stereocenters. The van der Waals surface area contributed by atoms with Gasteiger partial charge in [0.1, 0.15) is 9.84 Å². The number of hydrogen-bond donors (Lipinski definition) is 1. The predicted molar refractivity (Wildman–Crippen MR) is 108 cm³/mol. The van der Waals surface area contributed by atoms with Gasteiger partial charge in [-0.2, -0.15) is 4.98 Å². The topological polar surface area (TPSA) is 149 Å². The Balaban J connectivity index is 1.67. The van der Waals surface area contributed by atoms with Crippen LogP contribution in [0.3, 0.4) is 0 Å². The summed E-state index contributed by atoms with van der Waals surface area (Å²) in [6.45, 7) is 3.28. The van der Waals surface area contributed by atoms with Crippen LogP contribution in [0.5, 0.6) is 0 Å². The maximum absolute atomic E-state index is 12.9. The van der Waals surface area contributed by atoms with E-state index in [-0.39, 0.29) is 30.6 Å². The van der Waals surface area contributed by atoms with E-state index in [1.54, 1.807) is 11.8 Å². The van der Waals surface area contributed by atoms with Gasteiger partial charge < -0.3 is 19.5 Å². The third-order valence-electron chi connectivity index (χ3n) is 5.30. The van der Waals surface area contributed by atoms with Crippen LogP contribution >= 0.6 is 0 Å². The van der Waals surface area contributed by atoms with E-state index in [0.717, 1.165) is 19.1 Å². The Kier molecular flexibility index (Phi) is 7.42. The van der Waals surface area contributed by atoms with Crippen molar-refractivity contribution in [2.24, 2.45) is 5.92 Å². The molecule has 1 saturated heterocycles. The molecule has 12 heteroatoms. The van der Waals surface area contributed by atoms with E-state index in [9.17, 15) is 22.8 Å². The van der Waals surface area contributed by atoms with Crippen LogP contribution in [0.2, 0.25) is 0 Å². The highest BCUT2D eigenvalue weighted by atomic mass is 32.2. The first-order valence-electron chi connectivity index (χ1n) is 10.4. The van der Waals surface area contributed by atoms with Crippen LogP contribution in [0.25, 0.3) is 0 Å². The molecule has 3 rings (SSSR count). The van der Waals surface area contributed by atoms with Crippen LogP contribution in [0, 0.1) is 5.92 Å². The highest BCUT2D eigenvalue weighted by molar-refractivity contribution is 7.90. The second kappa shape index (κ2) is 9.86. The maximum atomic E-state index is 12.9. The Hall–Kier alpha value is -2.34. The van der Waals surface area contributed by atoms with Crippen molar-refractivity contribution in [3.8, 4) is 0 Å². The Morgan fingerprint density at radius 2 is 1.90 bits per heavy atom. The molecule has 2 aliphatic rings. The summed E-state index contributed by atoms with van der Waals surface area (Å²) in [7, 11) is -3.54. The van der Waals surface area contributed by atoms with Crippen molar-refractivity contribution in [3.63, 3.8) is 0 Å². The number of aromatic nitrogens is 2. The highest BCUT2D eigenvalue weighted by Crippen LogP contribution is 2.38. The van der Waals surface area contributed by atoms with Gasteiger partial charge in [-0.25, -0.2) is 8.42 Å². The summed E-state index contributed by atoms with van der Waals surface area (Å²) in [4.78, 5) is 43.8. The van der Waals surface area contributed by atoms with Crippen LogP contribution in [-0.4, -0.2) is 85.4 Å². The van der Waals surface area contributed by atoms with E-state index in [0.29, 0.717) is 32.1 Å². The summed E-state index contributed by atoms with van der Waals surface area (Å²) >= 11 is 0. The molecular formula is C19H28N4O7S. The third kappa shape index (κ3) is 6.57. The molecule has 1 N–H and O–H groups in total. The van der Waals surface area contributed by atoms with E-state index in [2.05, 4.69) is 15.5 Å². The largest absolute Gasteiger partial charge is 0.378 e. The van der Waals surface area contributed by atoms with Crippen LogP contribution in [0.1, 0.15) is 55.0 Å². The van der Waals surface area contributed by atoms with Crippen molar-refractivity contribution in [3.05, 3.63) is 11.7 Å². The fourth-order valence-electron chi connectivity index (χ4n) is 3.38. The van der Waals surface area contributed by atoms with Crippen molar-refractivity contribution in [2.45, 2.75) is 44.6 Å². The van der Waals surface area contributed by atoms with E-state index >= 15 is 0 Å². The van der Waals surface area contributed by atoms with Gasteiger partial charge in [0.15, 0.2) is 5.82 Å². The number of amides is 2. The number of nitrogens with one attached hydrogen (secondary N) is 1. The van der Waals surface area contributed by atoms with E-state index in [1.165, 1.54) is 0 Å². The lowest BCUT2D eigenvalue weighted by Crippen LogP contribution is -2.47. The smallest absolute Gasteiger partial charge is 0.296 e. The molecular weight excluding hydrogens is 428 g/mol. The fourth-order valence-corrected chi connectivity index (χ4v) is 4.38. The normalized spacial score (nSPS) is 19.0. The van der Waals surface area contributed by atoms with E-state index in [1.807, 2.05) is 0 Å². The van der Waals surface area contributed by atoms with Crippen LogP contribution in [0.15, 0.2) is 4.52 Å². The van der Waals surface area contributed by atoms with Crippen molar-refractivity contribution in [1.82, 2.24) is 20.4 Å². The lowest BCUT2D eigenvalue weighted by molar-refractivity contribution is -0.139. The lowest BCUT2D eigenvalue weighted by Gasteiger charge is -2.28. The zero-order chi connectivity index (χ0) is 22.6. The van der Waals surface area contributed by atoms with Gasteiger partial charge in [0.25, 0.3) is 5.89 Å². The van der Waals surface area contributed by atoms with Gasteiger partial charge in [-0.15, -0.1) is 0 Å². The molecule has 0 aromatic carbocycles. The molecule has 0 bridgehead atoms. The van der Waals surface area contributed by atoms with Crippen molar-refractivity contribution >= 4 is 27.4 Å². The molecule has 1 aromatic heterocycles. The van der Waals surface area contributed by atoms with Crippen molar-refractivity contribution < 1.29 is 32.1 Å². The second-order valence-corrected chi connectivity index (χ2v) is 10.2. The molecule has 1 aliphatic heterocycles. The molecule has 2 atom stereocenters. The number of ether oxygens (including phenoxy) is 1. The number of morpholine rings is 1. The molecule has 0 radical (unpaired) electrons. The predicted octanol–water partition coefficient (Wildman–Crippen LogP) is -0.0658. The summed E-state index contributed by atoms with van der Waals surface area (Å²) in [5.41, 5.74) is 0. The Morgan fingerprint density at radius 3 is 2.48 bits per heavy atom. The number of rotatable bonds is 10. The number of carbonyl (C=O) groups excluding carboxylic acids is 3. The summed E-state index contributed by atoms with van der Waals surface area (Å²) in [5.74, 6) is -2.62. The Labute approximate surface area is 180 Å². The molecule has 31 heavy (non-hydrogen) atoms. The Bertz CT molecular complexity index is 919. The fraction of sp³-hybridized carbons (Fsp3) is 0.737. The van der Waals surface area contributed by atoms with Gasteiger partial charge in [-0.1, -0.05) is 12.1 Å². The first kappa shape index (κ1) is 23.3. The van der Waals surface area contributed by atoms with Crippen molar-refractivity contribution in [1.29, 1.82) is 0 Å². The SMILES string of the molecule is CC[C@H](NC(=O)C(CC(=O)N1CCOCC1)CS(C)(=O)=O)C(=O)c1nc(C2CC2)no1. The molecule has 11 nitrogen and oxygen atoms in total. The maximum Gasteiger partial charge on any atom is 0.296 e. The first-order valence-corrected chi connectivity index (χ1v) is 12.5. The lowest BCUT2D eigenvalue weighted by atomic mass is 10.0. The minimum atomic E-state index is -3.54. The van der Waals surface area contributed by atoms with E-state index < -0.39 is 39.2 Å². The monoisotopic (exact) mass is 456 g/mol. The number of Topliss-reactive ketones (excluding diaryl/α,β-unsaturated/α-hetero) is 1. The summed E-state index contributed by atoms with van der Waals surface area (Å²) in [6, 6.07) is -0.958. The third-order valence-corrected chi connectivity index (χ3v) is 6.30. The highest BCUT2D eigenvalue weighted by Gasteiger charge is 2.34. The summed E-state index contributed by atoms with van der Waals surface area (Å²) in [5, 5.41) is 6.38. The molecule has 172 valence electrons. The van der Waals surface area contributed by atoms with Gasteiger partial charge in [-0.3, -0.25) is 14.4 Å². The molecule has 2 amide bonds. The molecule has 1 aliphatic carbocycles. The molecule has 2 heterocycles. The number of sulfone groups is 1. The number of nitrogens with zero attached hydrogens (tertiary/aromatic N) is 3. The van der Waals surface area contributed by atoms with Gasteiger partial charge in [0, 0.05) is 31.7 Å². The number of carbonyl (C=O) groups is 3. The molecule has 2 fully saturated rings. The average molecular weight is 457 g/mol. The summed E-state index contributed by atoms with van der Waals surface area (Å²) in [6.07, 6.45) is 2.88. The number of ketones is 1. The minimum Gasteiger partial charge on any atom is -0.378 e. The van der Waals surface area contributed by atoms with Gasteiger partial charge in [0.2, 0.25) is 17.6 Å². The minimum absolute atomic E-state index is 0.182. The summed E-state index contributed by atoms with van der Waals surface area (Å²) < 4.78 is 34.0. The average Bonchev–Trinajstić information content (AvgIpc) is 3.47. The first-order chi connectivity index (χ1) is 14.7. The van der Waals surface area contributed by atoms with Gasteiger partial charge in [0.05, 0.1) is 30.9 Å². The van der Waals surface area contributed by atoms with Gasteiger partial charge >= 0.3 is 0 Å². The molecule has 1 saturated carbocycles. The molecule has 0 spiro atoms. The Morgan fingerprint density at radius 1 is 1.23 bits per heavy atom. The van der Waals surface area contributed by atoms with Crippen LogP contribution in [-0.2, 0) is 24.2 Å². The second-order valence-electron chi connectivity index (χ2n) is 8.05. The van der Waals surface area contributed by atoms with Crippen LogP contribution in [0.4, 0.5) is 0 Å². The zero-order valence-electron chi connectivity index (χ0n) is 17.7. The van der Waals surface area contributed by atoms with E-state index in [4.69, 9.17) is 9.26 Å². The quantitative estimate of drug-likeness (QED) is 0.478. The van der Waals surface area contributed by atoms with Crippen LogP contribution < -0.4 is 5.32 Å². The van der Waals surface area contributed by atoms with Gasteiger partial charge in [-0.05, 0) is 19.3 Å². The molecule has 1 aromatic rings. The number of hydrogen-bond acceptors (Lipinski definition) is 9.